The van der Waals surface area contributed by atoms with E-state index in [-0.39, 0.29) is 11.6 Å². The van der Waals surface area contributed by atoms with Gasteiger partial charge in [0.05, 0.1) is 5.01 Å². The van der Waals surface area contributed by atoms with E-state index < -0.39 is 5.97 Å². The maximum absolute atomic E-state index is 10.8. The Morgan fingerprint density at radius 3 is 2.67 bits per heavy atom. The summed E-state index contributed by atoms with van der Waals surface area (Å²) >= 11 is 1.39. The molecule has 3 N–H and O–H groups in total. The van der Waals surface area contributed by atoms with E-state index in [9.17, 15) is 4.79 Å². The zero-order chi connectivity index (χ0) is 13.1. The van der Waals surface area contributed by atoms with E-state index >= 15 is 0 Å². The van der Waals surface area contributed by atoms with E-state index in [2.05, 4.69) is 4.98 Å². The Balaban J connectivity index is 2.09. The molecule has 1 heterocycles. The Labute approximate surface area is 109 Å². The van der Waals surface area contributed by atoms with Gasteiger partial charge in [-0.05, 0) is 24.1 Å². The van der Waals surface area contributed by atoms with E-state index in [1.165, 1.54) is 16.9 Å². The highest BCUT2D eigenvalue weighted by atomic mass is 32.1. The molecule has 0 aliphatic rings. The molecular weight excluding hydrogens is 248 g/mol. The van der Waals surface area contributed by atoms with Gasteiger partial charge in [-0.25, -0.2) is 9.78 Å². The molecular formula is C13H14N2O2S. The van der Waals surface area contributed by atoms with Crippen LogP contribution in [0.2, 0.25) is 0 Å². The number of nitrogens with two attached hydrogens (primary N) is 1. The highest BCUT2D eigenvalue weighted by Crippen LogP contribution is 2.24. The van der Waals surface area contributed by atoms with Crippen LogP contribution in [0.25, 0.3) is 0 Å². The van der Waals surface area contributed by atoms with Crippen molar-refractivity contribution in [1.29, 1.82) is 0 Å². The molecule has 2 rings (SSSR count). The third-order valence-electron chi connectivity index (χ3n) is 2.68. The molecule has 0 aliphatic heterocycles. The van der Waals surface area contributed by atoms with Gasteiger partial charge in [-0.2, -0.15) is 0 Å². The molecule has 5 heteroatoms. The first kappa shape index (κ1) is 12.6. The first-order valence-electron chi connectivity index (χ1n) is 5.59. The summed E-state index contributed by atoms with van der Waals surface area (Å²) < 4.78 is 0. The van der Waals surface area contributed by atoms with Crippen LogP contribution in [0.4, 0.5) is 5.69 Å². The molecule has 4 nitrogen and oxygen atoms in total. The van der Waals surface area contributed by atoms with Gasteiger partial charge in [0.2, 0.25) is 0 Å². The molecule has 1 aromatic heterocycles. The van der Waals surface area contributed by atoms with Gasteiger partial charge in [-0.15, -0.1) is 11.3 Å². The summed E-state index contributed by atoms with van der Waals surface area (Å²) in [5.41, 5.74) is 7.67. The van der Waals surface area contributed by atoms with Crippen LogP contribution in [-0.4, -0.2) is 16.1 Å². The fraction of sp³-hybridized carbons (Fsp3) is 0.231. The van der Waals surface area contributed by atoms with Crippen LogP contribution >= 0.6 is 11.3 Å². The lowest BCUT2D eigenvalue weighted by Crippen LogP contribution is -2.01. The normalized spacial score (nSPS) is 12.3. The fourth-order valence-electron chi connectivity index (χ4n) is 1.71. The summed E-state index contributed by atoms with van der Waals surface area (Å²) in [5.74, 6) is -0.774. The SMILES string of the molecule is CC(Cc1ccc(N)cc1)c1nc(C(=O)O)cs1. The van der Waals surface area contributed by atoms with Crippen LogP contribution in [0.15, 0.2) is 29.6 Å². The molecule has 0 radical (unpaired) electrons. The summed E-state index contributed by atoms with van der Waals surface area (Å²) in [6.45, 7) is 2.04. The second-order valence-electron chi connectivity index (χ2n) is 4.22. The molecule has 0 bridgehead atoms. The van der Waals surface area contributed by atoms with Crippen LogP contribution in [0.5, 0.6) is 0 Å². The van der Waals surface area contributed by atoms with Crippen molar-refractivity contribution in [3.8, 4) is 0 Å². The third-order valence-corrected chi connectivity index (χ3v) is 3.76. The predicted octanol–water partition coefficient (Wildman–Crippen LogP) is 2.77. The highest BCUT2D eigenvalue weighted by Gasteiger charge is 2.14. The number of aromatic nitrogens is 1. The minimum absolute atomic E-state index is 0.124. The fourth-order valence-corrected chi connectivity index (χ4v) is 2.56. The number of rotatable bonds is 4. The summed E-state index contributed by atoms with van der Waals surface area (Å²) in [6.07, 6.45) is 0.826. The minimum Gasteiger partial charge on any atom is -0.476 e. The van der Waals surface area contributed by atoms with Crippen LogP contribution in [-0.2, 0) is 6.42 Å². The molecule has 0 amide bonds. The molecule has 94 valence electrons. The third kappa shape index (κ3) is 2.87. The van der Waals surface area contributed by atoms with Crippen molar-refractivity contribution in [2.75, 3.05) is 5.73 Å². The monoisotopic (exact) mass is 262 g/mol. The molecule has 0 fully saturated rings. The molecule has 0 aliphatic carbocycles. The summed E-state index contributed by atoms with van der Waals surface area (Å²) in [7, 11) is 0. The Morgan fingerprint density at radius 2 is 2.11 bits per heavy atom. The first-order chi connectivity index (χ1) is 8.56. The number of nitrogens with zero attached hydrogens (tertiary/aromatic N) is 1. The van der Waals surface area contributed by atoms with Crippen molar-refractivity contribution < 1.29 is 9.90 Å². The van der Waals surface area contributed by atoms with E-state index in [0.717, 1.165) is 17.1 Å². The van der Waals surface area contributed by atoms with Crippen molar-refractivity contribution in [1.82, 2.24) is 4.98 Å². The highest BCUT2D eigenvalue weighted by molar-refractivity contribution is 7.09. The second kappa shape index (κ2) is 5.18. The number of anilines is 1. The summed E-state index contributed by atoms with van der Waals surface area (Å²) in [6, 6.07) is 7.70. The number of carbonyl (C=O) groups is 1. The van der Waals surface area contributed by atoms with Crippen molar-refractivity contribution in [3.63, 3.8) is 0 Å². The lowest BCUT2D eigenvalue weighted by Gasteiger charge is -2.08. The molecule has 0 saturated heterocycles. The molecule has 0 spiro atoms. The Hall–Kier alpha value is -1.88. The van der Waals surface area contributed by atoms with Crippen LogP contribution in [0.1, 0.15) is 33.9 Å². The molecule has 0 saturated carbocycles. The number of carboxylic acids is 1. The van der Waals surface area contributed by atoms with E-state index in [1.807, 2.05) is 31.2 Å². The lowest BCUT2D eigenvalue weighted by atomic mass is 10.0. The van der Waals surface area contributed by atoms with Gasteiger partial charge in [-0.1, -0.05) is 19.1 Å². The van der Waals surface area contributed by atoms with Crippen LogP contribution < -0.4 is 5.73 Å². The van der Waals surface area contributed by atoms with Crippen molar-refractivity contribution in [3.05, 3.63) is 45.9 Å². The minimum atomic E-state index is -0.975. The van der Waals surface area contributed by atoms with E-state index in [1.54, 1.807) is 5.38 Å². The van der Waals surface area contributed by atoms with E-state index in [0.29, 0.717) is 0 Å². The van der Waals surface area contributed by atoms with Crippen molar-refractivity contribution in [2.45, 2.75) is 19.3 Å². The van der Waals surface area contributed by atoms with E-state index in [4.69, 9.17) is 10.8 Å². The van der Waals surface area contributed by atoms with Crippen molar-refractivity contribution in [2.24, 2.45) is 0 Å². The average Bonchev–Trinajstić information content (AvgIpc) is 2.81. The second-order valence-corrected chi connectivity index (χ2v) is 5.11. The van der Waals surface area contributed by atoms with Crippen LogP contribution in [0.3, 0.4) is 0 Å². The number of nitrogen functional groups attached to an aromatic ring is 1. The maximum atomic E-state index is 10.8. The number of hydrogen-bond acceptors (Lipinski definition) is 4. The number of aromatic carboxylic acids is 1. The zero-order valence-electron chi connectivity index (χ0n) is 9.96. The quantitative estimate of drug-likeness (QED) is 0.831. The van der Waals surface area contributed by atoms with Gasteiger partial charge in [0.15, 0.2) is 5.69 Å². The Bertz CT molecular complexity index is 548. The van der Waals surface area contributed by atoms with Gasteiger partial charge in [0.1, 0.15) is 0 Å². The van der Waals surface area contributed by atoms with Gasteiger partial charge >= 0.3 is 5.97 Å². The Morgan fingerprint density at radius 1 is 1.44 bits per heavy atom. The average molecular weight is 262 g/mol. The molecule has 1 atom stereocenters. The molecule has 18 heavy (non-hydrogen) atoms. The number of benzene rings is 1. The molecule has 2 aromatic rings. The van der Waals surface area contributed by atoms with Gasteiger partial charge < -0.3 is 10.8 Å². The smallest absolute Gasteiger partial charge is 0.355 e. The van der Waals surface area contributed by atoms with Gasteiger partial charge in [-0.3, -0.25) is 0 Å². The lowest BCUT2D eigenvalue weighted by molar-refractivity contribution is 0.0691. The van der Waals surface area contributed by atoms with Gasteiger partial charge in [0, 0.05) is 17.0 Å². The van der Waals surface area contributed by atoms with Gasteiger partial charge in [0.25, 0.3) is 0 Å². The Kier molecular flexibility index (Phi) is 3.62. The first-order valence-corrected chi connectivity index (χ1v) is 6.47. The molecule has 1 unspecified atom stereocenters. The number of hydrogen-bond donors (Lipinski definition) is 2. The predicted molar refractivity (Wildman–Crippen MR) is 72.0 cm³/mol. The number of carboxylic acid groups (broad SMARTS) is 1. The maximum Gasteiger partial charge on any atom is 0.355 e. The van der Waals surface area contributed by atoms with Crippen molar-refractivity contribution >= 4 is 23.0 Å². The number of thiazole rings is 1. The zero-order valence-corrected chi connectivity index (χ0v) is 10.8. The summed E-state index contributed by atoms with van der Waals surface area (Å²) in [5, 5.41) is 11.3. The van der Waals surface area contributed by atoms with Crippen LogP contribution in [0, 0.1) is 0 Å². The molecule has 1 aromatic carbocycles. The summed E-state index contributed by atoms with van der Waals surface area (Å²) in [4.78, 5) is 14.9. The largest absolute Gasteiger partial charge is 0.476 e. The topological polar surface area (TPSA) is 76.2 Å². The standard InChI is InChI=1S/C13H14N2O2S/c1-8(6-9-2-4-10(14)5-3-9)12-15-11(7-18-12)13(16)17/h2-5,7-8H,6,14H2,1H3,(H,16,17).